The zero-order chi connectivity index (χ0) is 21.8. The Morgan fingerprint density at radius 2 is 1.14 bits per heavy atom. The molecule has 0 saturated heterocycles. The van der Waals surface area contributed by atoms with Crippen molar-refractivity contribution in [2.75, 3.05) is 0 Å². The van der Waals surface area contributed by atoms with E-state index in [4.69, 9.17) is 0 Å². The van der Waals surface area contributed by atoms with Crippen molar-refractivity contribution in [1.29, 1.82) is 0 Å². The maximum Gasteiger partial charge on any atom is 4.00 e. The van der Waals surface area contributed by atoms with Crippen LogP contribution >= 0.6 is 0 Å². The van der Waals surface area contributed by atoms with Gasteiger partial charge < -0.3 is 37.2 Å². The van der Waals surface area contributed by atoms with E-state index in [2.05, 4.69) is 113 Å². The molecule has 1 aliphatic carbocycles. The number of hydrogen-bond acceptors (Lipinski definition) is 0. The molecule has 3 aromatic carbocycles. The van der Waals surface area contributed by atoms with Gasteiger partial charge in [0, 0.05) is 0 Å². The minimum absolute atomic E-state index is 0. The summed E-state index contributed by atoms with van der Waals surface area (Å²) in [7, 11) is -2.41. The first-order valence-electron chi connectivity index (χ1n) is 11.6. The van der Waals surface area contributed by atoms with E-state index in [9.17, 15) is 0 Å². The van der Waals surface area contributed by atoms with Crippen molar-refractivity contribution < 1.29 is 58.9 Å². The van der Waals surface area contributed by atoms with Gasteiger partial charge in [-0.2, -0.15) is 5.20 Å². The van der Waals surface area contributed by atoms with Crippen molar-refractivity contribution >= 4 is 23.6 Å². The zero-order valence-corrected chi connectivity index (χ0v) is 25.8. The Balaban J connectivity index is 0.00000289. The molecule has 0 spiro atoms. The van der Waals surface area contributed by atoms with E-state index in [1.54, 1.807) is 0 Å². The molecule has 0 nitrogen and oxygen atoms in total. The van der Waals surface area contributed by atoms with Gasteiger partial charge in [0.05, 0.1) is 0 Å². The number of aryl methyl sites for hydroxylation is 3. The summed E-state index contributed by atoms with van der Waals surface area (Å²) in [5.74, 6) is 0. The summed E-state index contributed by atoms with van der Waals surface area (Å²) in [6, 6.07) is 27.7. The van der Waals surface area contributed by atoms with E-state index < -0.39 is 8.07 Å². The van der Waals surface area contributed by atoms with Crippen LogP contribution in [0.4, 0.5) is 0 Å². The molecule has 35 heavy (non-hydrogen) atoms. The van der Waals surface area contributed by atoms with E-state index in [1.807, 2.05) is 0 Å². The number of allylic oxidation sites excluding steroid dienone is 4. The van der Waals surface area contributed by atoms with E-state index in [-0.39, 0.29) is 58.9 Å². The third kappa shape index (κ3) is 7.25. The standard InChI is InChI=1S/C30H33Si.3ClH.Ti/c1-5-6-13-26-17-18-30(22-26)31(27-14-7-10-23(2)19-27,28-15-8-11-24(3)20-28)29-16-9-12-25(4)21-29;;;;/h7-12,14-17,19-21H,5-6,13,18H2,1-4H3;3*1H;/q-1;;;;+4/p-3. The predicted octanol–water partition coefficient (Wildman–Crippen LogP) is -3.12. The molecule has 182 valence electrons. The summed E-state index contributed by atoms with van der Waals surface area (Å²) >= 11 is 0. The van der Waals surface area contributed by atoms with Gasteiger partial charge in [-0.1, -0.05) is 122 Å². The quantitative estimate of drug-likeness (QED) is 0.159. The molecule has 0 aromatic heterocycles. The van der Waals surface area contributed by atoms with Crippen LogP contribution in [0.15, 0.2) is 89.6 Å². The molecule has 0 fully saturated rings. The van der Waals surface area contributed by atoms with Crippen LogP contribution in [0.2, 0.25) is 0 Å². The molecule has 0 bridgehead atoms. The Bertz CT molecular complexity index is 1040. The molecular formula is C30H33Cl3SiTi. The molecule has 5 heteroatoms. The van der Waals surface area contributed by atoms with Crippen LogP contribution in [0.1, 0.15) is 49.3 Å². The molecule has 0 radical (unpaired) electrons. The number of unbranched alkanes of at least 4 members (excludes halogenated alkanes) is 1. The molecule has 0 atom stereocenters. The number of benzene rings is 3. The van der Waals surface area contributed by atoms with Crippen LogP contribution in [0, 0.1) is 26.8 Å². The Morgan fingerprint density at radius 3 is 1.51 bits per heavy atom. The minimum Gasteiger partial charge on any atom is -1.00 e. The van der Waals surface area contributed by atoms with E-state index in [0.29, 0.717) is 0 Å². The Morgan fingerprint density at radius 1 is 0.714 bits per heavy atom. The smallest absolute Gasteiger partial charge is 1.00 e. The molecule has 1 aliphatic rings. The fourth-order valence-corrected chi connectivity index (χ4v) is 10.1. The summed E-state index contributed by atoms with van der Waals surface area (Å²) in [6.45, 7) is 8.91. The Hall–Kier alpha value is -1.06. The van der Waals surface area contributed by atoms with Gasteiger partial charge in [-0.05, 0) is 36.3 Å². The van der Waals surface area contributed by atoms with Gasteiger partial charge in [0.15, 0.2) is 8.07 Å². The van der Waals surface area contributed by atoms with E-state index in [1.165, 1.54) is 55.9 Å². The number of hydrogen-bond donors (Lipinski definition) is 0. The van der Waals surface area contributed by atoms with E-state index >= 15 is 0 Å². The van der Waals surface area contributed by atoms with Gasteiger partial charge in [-0.15, -0.1) is 0 Å². The van der Waals surface area contributed by atoms with Gasteiger partial charge >= 0.3 is 21.7 Å². The van der Waals surface area contributed by atoms with Crippen LogP contribution in [-0.2, 0) is 21.7 Å². The van der Waals surface area contributed by atoms with Gasteiger partial charge in [0.2, 0.25) is 0 Å². The van der Waals surface area contributed by atoms with Crippen LogP contribution in [0.5, 0.6) is 0 Å². The van der Waals surface area contributed by atoms with Gasteiger partial charge in [-0.3, -0.25) is 6.08 Å². The first-order valence-corrected chi connectivity index (χ1v) is 13.6. The summed E-state index contributed by atoms with van der Waals surface area (Å²) < 4.78 is 0. The Kier molecular flexibility index (Phi) is 14.8. The minimum atomic E-state index is -2.41. The first kappa shape index (κ1) is 33.9. The summed E-state index contributed by atoms with van der Waals surface area (Å²) in [6.07, 6.45) is 11.0. The second-order valence-corrected chi connectivity index (χ2v) is 12.8. The fraction of sp³-hybridized carbons (Fsp3) is 0.267. The SMILES string of the molecule is CCCCC1=CCC([Si](c2cccc(C)c2)(c2cccc(C)c2)c2cccc(C)c2)=[C-]1.[Cl-].[Cl-].[Cl-].[Ti+4]. The molecule has 0 heterocycles. The average Bonchev–Trinajstić information content (AvgIpc) is 3.22. The van der Waals surface area contributed by atoms with Crippen molar-refractivity contribution in [3.63, 3.8) is 0 Å². The molecule has 3 aromatic rings. The summed E-state index contributed by atoms with van der Waals surface area (Å²) in [5.41, 5.74) is 5.38. The largest absolute Gasteiger partial charge is 4.00 e. The van der Waals surface area contributed by atoms with Crippen molar-refractivity contribution in [2.45, 2.75) is 53.4 Å². The molecule has 0 amide bonds. The molecule has 4 rings (SSSR count). The van der Waals surface area contributed by atoms with Gasteiger partial charge in [-0.25, -0.2) is 11.6 Å². The van der Waals surface area contributed by atoms with Crippen molar-refractivity contribution in [1.82, 2.24) is 0 Å². The van der Waals surface area contributed by atoms with Crippen LogP contribution < -0.4 is 52.8 Å². The van der Waals surface area contributed by atoms with E-state index in [0.717, 1.165) is 12.8 Å². The van der Waals surface area contributed by atoms with Crippen molar-refractivity contribution in [2.24, 2.45) is 0 Å². The third-order valence-corrected chi connectivity index (χ3v) is 11.2. The molecule has 0 unspecified atom stereocenters. The van der Waals surface area contributed by atoms with Crippen molar-refractivity contribution in [3.05, 3.63) is 112 Å². The maximum absolute atomic E-state index is 3.96. The second kappa shape index (κ2) is 15.3. The maximum atomic E-state index is 3.96. The monoisotopic (exact) mass is 574 g/mol. The number of halogens is 3. The average molecular weight is 576 g/mol. The molecular weight excluding hydrogens is 543 g/mol. The second-order valence-electron chi connectivity index (χ2n) is 9.00. The number of rotatable bonds is 7. The Labute approximate surface area is 246 Å². The first-order chi connectivity index (χ1) is 15.0. The van der Waals surface area contributed by atoms with Crippen LogP contribution in [0.25, 0.3) is 0 Å². The third-order valence-electron chi connectivity index (χ3n) is 6.47. The van der Waals surface area contributed by atoms with Crippen LogP contribution in [0.3, 0.4) is 0 Å². The van der Waals surface area contributed by atoms with Crippen molar-refractivity contribution in [3.8, 4) is 0 Å². The molecule has 0 N–H and O–H groups in total. The fourth-order valence-electron chi connectivity index (χ4n) is 4.96. The van der Waals surface area contributed by atoms with Crippen LogP contribution in [-0.4, -0.2) is 8.07 Å². The van der Waals surface area contributed by atoms with Gasteiger partial charge in [0.25, 0.3) is 0 Å². The predicted molar refractivity (Wildman–Crippen MR) is 137 cm³/mol. The molecule has 0 saturated carbocycles. The summed E-state index contributed by atoms with van der Waals surface area (Å²) in [5, 5.41) is 5.91. The summed E-state index contributed by atoms with van der Waals surface area (Å²) in [4.78, 5) is 0. The topological polar surface area (TPSA) is 0 Å². The van der Waals surface area contributed by atoms with Gasteiger partial charge in [0.1, 0.15) is 0 Å². The normalized spacial score (nSPS) is 12.2. The molecule has 0 aliphatic heterocycles. The zero-order valence-electron chi connectivity index (χ0n) is 21.0.